The van der Waals surface area contributed by atoms with E-state index in [0.717, 1.165) is 16.2 Å². The number of nitrogens with zero attached hydrogens (tertiary/aromatic N) is 1. The summed E-state index contributed by atoms with van der Waals surface area (Å²) in [6.07, 6.45) is 1.96. The molecule has 3 nitrogen and oxygen atoms in total. The summed E-state index contributed by atoms with van der Waals surface area (Å²) in [4.78, 5) is 12.9. The summed E-state index contributed by atoms with van der Waals surface area (Å²) < 4.78 is 0. The molecule has 0 saturated heterocycles. The molecule has 0 heterocycles. The van der Waals surface area contributed by atoms with E-state index < -0.39 is 0 Å². The summed E-state index contributed by atoms with van der Waals surface area (Å²) in [6.45, 7) is 2.05. The molecule has 0 spiro atoms. The molecule has 0 unspecified atom stereocenters. The summed E-state index contributed by atoms with van der Waals surface area (Å²) >= 11 is 7.65. The summed E-state index contributed by atoms with van der Waals surface area (Å²) in [5, 5.41) is 4.53. The number of carbonyl (C=O) groups excluding carboxylic acids is 1. The number of aryl methyl sites for hydroxylation is 1. The molecular weight excluding hydrogens is 316 g/mol. The van der Waals surface area contributed by atoms with E-state index in [9.17, 15) is 4.79 Å². The van der Waals surface area contributed by atoms with Crippen molar-refractivity contribution in [2.24, 2.45) is 5.10 Å². The summed E-state index contributed by atoms with van der Waals surface area (Å²) in [5.41, 5.74) is 4.52. The average molecular weight is 333 g/mol. The van der Waals surface area contributed by atoms with E-state index in [1.54, 1.807) is 24.0 Å². The molecule has 2 aromatic rings. The highest BCUT2D eigenvalue weighted by atomic mass is 35.5. The van der Waals surface area contributed by atoms with Crippen molar-refractivity contribution >= 4 is 35.5 Å². The van der Waals surface area contributed by atoms with Crippen LogP contribution in [-0.2, 0) is 4.79 Å². The van der Waals surface area contributed by atoms with Crippen LogP contribution in [0.15, 0.2) is 58.5 Å². The molecular formula is C17H17ClN2OS. The molecule has 5 heteroatoms. The second-order valence-electron chi connectivity index (χ2n) is 4.73. The van der Waals surface area contributed by atoms with Crippen molar-refractivity contribution in [1.82, 2.24) is 5.43 Å². The number of rotatable bonds is 6. The Bertz CT molecular complexity index is 656. The third-order valence-electron chi connectivity index (χ3n) is 2.92. The van der Waals surface area contributed by atoms with Gasteiger partial charge in [0.2, 0.25) is 5.91 Å². The average Bonchev–Trinajstić information content (AvgIpc) is 2.51. The molecule has 0 aliphatic rings. The van der Waals surface area contributed by atoms with Gasteiger partial charge in [-0.3, -0.25) is 4.79 Å². The van der Waals surface area contributed by atoms with Gasteiger partial charge < -0.3 is 0 Å². The number of halogens is 1. The zero-order valence-corrected chi connectivity index (χ0v) is 13.8. The second-order valence-corrected chi connectivity index (χ2v) is 6.30. The molecule has 0 fully saturated rings. The number of carbonyl (C=O) groups is 1. The Balaban J connectivity index is 1.72. The van der Waals surface area contributed by atoms with Crippen LogP contribution in [0, 0.1) is 6.92 Å². The lowest BCUT2D eigenvalue weighted by atomic mass is 10.2. The highest BCUT2D eigenvalue weighted by Crippen LogP contribution is 2.18. The first-order valence-corrected chi connectivity index (χ1v) is 8.27. The Hall–Kier alpha value is -1.78. The van der Waals surface area contributed by atoms with Crippen LogP contribution in [0.1, 0.15) is 17.5 Å². The third kappa shape index (κ3) is 5.54. The van der Waals surface area contributed by atoms with Crippen LogP contribution in [0.2, 0.25) is 5.02 Å². The fraction of sp³-hybridized carbons (Fsp3) is 0.176. The highest BCUT2D eigenvalue weighted by molar-refractivity contribution is 7.99. The van der Waals surface area contributed by atoms with Gasteiger partial charge in [0, 0.05) is 27.7 Å². The van der Waals surface area contributed by atoms with Gasteiger partial charge in [-0.2, -0.15) is 5.10 Å². The van der Waals surface area contributed by atoms with Crippen LogP contribution in [0.3, 0.4) is 0 Å². The topological polar surface area (TPSA) is 41.5 Å². The van der Waals surface area contributed by atoms with E-state index in [1.807, 2.05) is 18.2 Å². The van der Waals surface area contributed by atoms with Gasteiger partial charge in [0.15, 0.2) is 0 Å². The number of hydrogen-bond donors (Lipinski definition) is 1. The molecule has 0 radical (unpaired) electrons. The van der Waals surface area contributed by atoms with Crippen molar-refractivity contribution in [2.45, 2.75) is 18.2 Å². The van der Waals surface area contributed by atoms with E-state index in [0.29, 0.717) is 11.4 Å². The van der Waals surface area contributed by atoms with E-state index in [-0.39, 0.29) is 5.91 Å². The predicted octanol–water partition coefficient (Wildman–Crippen LogP) is 4.28. The van der Waals surface area contributed by atoms with Crippen molar-refractivity contribution < 1.29 is 4.79 Å². The largest absolute Gasteiger partial charge is 0.273 e. The van der Waals surface area contributed by atoms with Crippen molar-refractivity contribution in [3.05, 3.63) is 64.7 Å². The van der Waals surface area contributed by atoms with Crippen molar-refractivity contribution in [3.8, 4) is 0 Å². The van der Waals surface area contributed by atoms with Gasteiger partial charge in [-0.1, -0.05) is 47.5 Å². The van der Waals surface area contributed by atoms with Crippen LogP contribution in [-0.4, -0.2) is 17.9 Å². The molecule has 0 bridgehead atoms. The van der Waals surface area contributed by atoms with E-state index in [2.05, 4.69) is 41.7 Å². The first-order chi connectivity index (χ1) is 10.6. The molecule has 0 aromatic heterocycles. The highest BCUT2D eigenvalue weighted by Gasteiger charge is 2.01. The number of nitrogens with one attached hydrogen (secondary N) is 1. The number of thioether (sulfide) groups is 1. The first-order valence-electron chi connectivity index (χ1n) is 6.91. The number of hydrogen-bond acceptors (Lipinski definition) is 3. The van der Waals surface area contributed by atoms with Crippen LogP contribution in [0.4, 0.5) is 0 Å². The lowest BCUT2D eigenvalue weighted by Gasteiger charge is -2.02. The van der Waals surface area contributed by atoms with Crippen LogP contribution < -0.4 is 5.43 Å². The first kappa shape index (κ1) is 16.6. The van der Waals surface area contributed by atoms with Crippen LogP contribution in [0.5, 0.6) is 0 Å². The van der Waals surface area contributed by atoms with E-state index in [4.69, 9.17) is 11.6 Å². The van der Waals surface area contributed by atoms with Crippen LogP contribution >= 0.6 is 23.4 Å². The molecule has 2 aromatic carbocycles. The molecule has 0 aliphatic heterocycles. The quantitative estimate of drug-likeness (QED) is 0.487. The van der Waals surface area contributed by atoms with Gasteiger partial charge in [0.25, 0.3) is 0 Å². The molecule has 22 heavy (non-hydrogen) atoms. The normalized spacial score (nSPS) is 10.8. The van der Waals surface area contributed by atoms with Gasteiger partial charge in [-0.15, -0.1) is 11.8 Å². The molecule has 1 N–H and O–H groups in total. The fourth-order valence-electron chi connectivity index (χ4n) is 1.71. The van der Waals surface area contributed by atoms with Gasteiger partial charge in [-0.05, 0) is 25.1 Å². The molecule has 2 rings (SSSR count). The summed E-state index contributed by atoms with van der Waals surface area (Å²) in [7, 11) is 0. The fourth-order valence-corrected chi connectivity index (χ4v) is 2.74. The minimum absolute atomic E-state index is 0.108. The lowest BCUT2D eigenvalue weighted by Crippen LogP contribution is -2.17. The van der Waals surface area contributed by atoms with Crippen molar-refractivity contribution in [1.29, 1.82) is 0 Å². The third-order valence-corrected chi connectivity index (χ3v) is 4.27. The Labute approximate surface area is 139 Å². The number of benzene rings is 2. The standard InChI is InChI=1S/C17H17ClN2OS/c1-13-6-8-15(9-7-13)22-11-10-17(21)20-19-12-14-4-2-3-5-16(14)18/h2-9,12H,10-11H2,1H3,(H,20,21)/b19-12-. The molecule has 114 valence electrons. The summed E-state index contributed by atoms with van der Waals surface area (Å²) in [6, 6.07) is 15.6. The smallest absolute Gasteiger partial charge is 0.240 e. The van der Waals surface area contributed by atoms with E-state index >= 15 is 0 Å². The Morgan fingerprint density at radius 3 is 2.68 bits per heavy atom. The predicted molar refractivity (Wildman–Crippen MR) is 93.7 cm³/mol. The maximum Gasteiger partial charge on any atom is 0.240 e. The minimum atomic E-state index is -0.108. The van der Waals surface area contributed by atoms with Crippen molar-refractivity contribution in [2.75, 3.05) is 5.75 Å². The SMILES string of the molecule is Cc1ccc(SCCC(=O)N/N=C\c2ccccc2Cl)cc1. The molecule has 0 saturated carbocycles. The minimum Gasteiger partial charge on any atom is -0.273 e. The maximum absolute atomic E-state index is 11.7. The van der Waals surface area contributed by atoms with Gasteiger partial charge in [-0.25, -0.2) is 5.43 Å². The van der Waals surface area contributed by atoms with Crippen LogP contribution in [0.25, 0.3) is 0 Å². The second kappa shape index (κ2) is 8.61. The lowest BCUT2D eigenvalue weighted by molar-refractivity contribution is -0.120. The van der Waals surface area contributed by atoms with Gasteiger partial charge >= 0.3 is 0 Å². The Morgan fingerprint density at radius 1 is 1.23 bits per heavy atom. The molecule has 0 aliphatic carbocycles. The molecule has 0 atom stereocenters. The van der Waals surface area contributed by atoms with Gasteiger partial charge in [0.1, 0.15) is 0 Å². The monoisotopic (exact) mass is 332 g/mol. The zero-order chi connectivity index (χ0) is 15.8. The Morgan fingerprint density at radius 2 is 1.95 bits per heavy atom. The maximum atomic E-state index is 11.7. The van der Waals surface area contributed by atoms with Gasteiger partial charge in [0.05, 0.1) is 6.21 Å². The summed E-state index contributed by atoms with van der Waals surface area (Å²) in [5.74, 6) is 0.610. The number of amides is 1. The zero-order valence-electron chi connectivity index (χ0n) is 12.3. The Kier molecular flexibility index (Phi) is 6.49. The van der Waals surface area contributed by atoms with E-state index in [1.165, 1.54) is 5.56 Å². The van der Waals surface area contributed by atoms with Crippen molar-refractivity contribution in [3.63, 3.8) is 0 Å². The molecule has 1 amide bonds. The number of hydrazone groups is 1.